The number of hydrogen-bond donors (Lipinski definition) is 1. The van der Waals surface area contributed by atoms with Gasteiger partial charge in [0, 0.05) is 0 Å². The van der Waals surface area contributed by atoms with Crippen LogP contribution in [-0.2, 0) is 25.8 Å². The third-order valence-electron chi connectivity index (χ3n) is 7.19. The van der Waals surface area contributed by atoms with Gasteiger partial charge in [0.2, 0.25) is 0 Å². The summed E-state index contributed by atoms with van der Waals surface area (Å²) in [4.78, 5) is 22.9. The molecule has 0 heterocycles. The van der Waals surface area contributed by atoms with Crippen LogP contribution in [0.4, 0.5) is 0 Å². The summed E-state index contributed by atoms with van der Waals surface area (Å²) in [6.45, 7) is 8.87. The monoisotopic (exact) mass is 418 g/mol. The van der Waals surface area contributed by atoms with Crippen LogP contribution in [0.5, 0.6) is 0 Å². The first-order chi connectivity index (χ1) is 11.3. The van der Waals surface area contributed by atoms with Gasteiger partial charge in [-0.05, 0) is 36.5 Å². The number of aliphatic hydroxyl groups excluding tert-OH is 1. The first kappa shape index (κ1) is 23.8. The van der Waals surface area contributed by atoms with Crippen molar-refractivity contribution in [2.45, 2.75) is 90.3 Å². The van der Waals surface area contributed by atoms with Gasteiger partial charge in [0.25, 0.3) is 0 Å². The average molecular weight is 419 g/mol. The molecule has 0 spiro atoms. The van der Waals surface area contributed by atoms with E-state index in [0.717, 1.165) is 51.4 Å². The molecule has 7 heteroatoms. The summed E-state index contributed by atoms with van der Waals surface area (Å²) < 4.78 is 11.7. The maximum atomic E-state index is 11.5. The van der Waals surface area contributed by atoms with Gasteiger partial charge in [0.1, 0.15) is 0 Å². The summed E-state index contributed by atoms with van der Waals surface area (Å²) >= 11 is 0. The maximum absolute atomic E-state index is 11.5. The standard InChI is InChI=1S/C18H33O5P.Ni/c1-5-15(6-2)11-17(12-15,22-10-9-19)18(23-24(20)21)13-16(7-3,8-4)14-18;/h19H,5-14H2,1-4H3;/q-2;+2. The quantitative estimate of drug-likeness (QED) is 0.435. The first-order valence-corrected chi connectivity index (χ1v) is 10.5. The van der Waals surface area contributed by atoms with Gasteiger partial charge in [-0.3, -0.25) is 0 Å². The van der Waals surface area contributed by atoms with E-state index in [1.54, 1.807) is 0 Å². The third-order valence-corrected chi connectivity index (χ3v) is 7.69. The Balaban J connectivity index is 0.00000312. The fraction of sp³-hybridized carbons (Fsp3) is 1.00. The summed E-state index contributed by atoms with van der Waals surface area (Å²) in [5.74, 6) is 0. The number of hydrogen-bond acceptors (Lipinski definition) is 5. The van der Waals surface area contributed by atoms with Crippen LogP contribution in [0.15, 0.2) is 0 Å². The molecule has 5 nitrogen and oxygen atoms in total. The molecule has 0 unspecified atom stereocenters. The van der Waals surface area contributed by atoms with Crippen molar-refractivity contribution in [3.63, 3.8) is 0 Å². The fourth-order valence-electron chi connectivity index (χ4n) is 5.23. The Morgan fingerprint density at radius 3 is 1.56 bits per heavy atom. The van der Waals surface area contributed by atoms with E-state index in [0.29, 0.717) is 0 Å². The molecule has 0 amide bonds. The van der Waals surface area contributed by atoms with Crippen LogP contribution in [0.25, 0.3) is 0 Å². The Kier molecular flexibility index (Phi) is 8.38. The van der Waals surface area contributed by atoms with E-state index < -0.39 is 19.8 Å². The van der Waals surface area contributed by atoms with Crippen LogP contribution < -0.4 is 9.79 Å². The van der Waals surface area contributed by atoms with Crippen LogP contribution in [-0.4, -0.2) is 29.5 Å². The molecule has 0 atom stereocenters. The predicted molar refractivity (Wildman–Crippen MR) is 91.0 cm³/mol. The molecule has 2 fully saturated rings. The molecular formula is C18H33NiO5P. The molecule has 0 aliphatic heterocycles. The van der Waals surface area contributed by atoms with E-state index in [4.69, 9.17) is 9.26 Å². The van der Waals surface area contributed by atoms with Gasteiger partial charge in [-0.25, -0.2) is 0 Å². The number of rotatable bonds is 10. The molecule has 2 saturated carbocycles. The summed E-state index contributed by atoms with van der Waals surface area (Å²) in [6.07, 6.45) is 7.25. The normalized spacial score (nSPS) is 25.0. The van der Waals surface area contributed by atoms with Crippen LogP contribution in [0.3, 0.4) is 0 Å². The average Bonchev–Trinajstić information content (AvgIpc) is 2.50. The Morgan fingerprint density at radius 1 is 0.840 bits per heavy atom. The van der Waals surface area contributed by atoms with E-state index in [1.807, 2.05) is 0 Å². The van der Waals surface area contributed by atoms with E-state index >= 15 is 0 Å². The molecule has 2 aliphatic carbocycles. The van der Waals surface area contributed by atoms with Crippen molar-refractivity contribution >= 4 is 8.60 Å². The van der Waals surface area contributed by atoms with E-state index in [1.165, 1.54) is 0 Å². The summed E-state index contributed by atoms with van der Waals surface area (Å²) in [5.41, 5.74) is -0.975. The Morgan fingerprint density at radius 2 is 1.24 bits per heavy atom. The van der Waals surface area contributed by atoms with Gasteiger partial charge in [-0.15, -0.1) is 0 Å². The fourth-order valence-corrected chi connectivity index (χ4v) is 5.81. The minimum absolute atomic E-state index is 0. The predicted octanol–water partition coefficient (Wildman–Crippen LogP) is 2.63. The molecule has 0 aromatic carbocycles. The zero-order chi connectivity index (χ0) is 18.1. The minimum Gasteiger partial charge on any atom is -0.820 e. The Labute approximate surface area is 163 Å². The van der Waals surface area contributed by atoms with Crippen molar-refractivity contribution in [1.82, 2.24) is 0 Å². The summed E-state index contributed by atoms with van der Waals surface area (Å²) in [5, 5.41) is 9.24. The van der Waals surface area contributed by atoms with Crippen molar-refractivity contribution < 1.29 is 40.6 Å². The second-order valence-corrected chi connectivity index (χ2v) is 8.63. The van der Waals surface area contributed by atoms with Crippen LogP contribution in [0.1, 0.15) is 79.1 Å². The number of ether oxygens (including phenoxy) is 1. The first-order valence-electron chi connectivity index (χ1n) is 9.38. The molecule has 0 saturated heterocycles. The van der Waals surface area contributed by atoms with Crippen LogP contribution in [0.2, 0.25) is 0 Å². The zero-order valence-electron chi connectivity index (χ0n) is 15.9. The van der Waals surface area contributed by atoms with Crippen molar-refractivity contribution in [1.29, 1.82) is 0 Å². The molecular weight excluding hydrogens is 386 g/mol. The molecule has 1 N–H and O–H groups in total. The molecule has 150 valence electrons. The van der Waals surface area contributed by atoms with Crippen molar-refractivity contribution in [3.8, 4) is 0 Å². The molecule has 2 aliphatic rings. The second-order valence-electron chi connectivity index (χ2n) is 8.00. The Bertz CT molecular complexity index is 408. The molecule has 2 rings (SSSR count). The summed E-state index contributed by atoms with van der Waals surface area (Å²) in [6, 6.07) is 0. The van der Waals surface area contributed by atoms with Crippen molar-refractivity contribution in [3.05, 3.63) is 0 Å². The summed E-state index contributed by atoms with van der Waals surface area (Å²) in [7, 11) is -2.93. The molecule has 0 aromatic heterocycles. The van der Waals surface area contributed by atoms with E-state index in [9.17, 15) is 14.9 Å². The zero-order valence-corrected chi connectivity index (χ0v) is 17.8. The van der Waals surface area contributed by atoms with Gasteiger partial charge in [0.05, 0.1) is 24.4 Å². The van der Waals surface area contributed by atoms with Crippen molar-refractivity contribution in [2.75, 3.05) is 13.2 Å². The van der Waals surface area contributed by atoms with Gasteiger partial charge in [-0.2, -0.15) is 8.60 Å². The number of aliphatic hydroxyl groups is 1. The van der Waals surface area contributed by atoms with Crippen molar-refractivity contribution in [2.24, 2.45) is 10.8 Å². The van der Waals surface area contributed by atoms with Gasteiger partial charge in [0.15, 0.2) is 0 Å². The SMILES string of the molecule is CCC1(CC)CC(OCCO)(C2(OP([O-])[O-])CC(CC)(CC)C2)C1.[Ni+2]. The molecule has 0 aromatic rings. The van der Waals surface area contributed by atoms with E-state index in [-0.39, 0.29) is 40.5 Å². The maximum Gasteiger partial charge on any atom is 2.00 e. The second kappa shape index (κ2) is 8.82. The topological polar surface area (TPSA) is 84.8 Å². The van der Waals surface area contributed by atoms with Crippen LogP contribution in [0, 0.1) is 10.8 Å². The molecule has 25 heavy (non-hydrogen) atoms. The van der Waals surface area contributed by atoms with Crippen LogP contribution >= 0.6 is 8.60 Å². The smallest absolute Gasteiger partial charge is 0.820 e. The van der Waals surface area contributed by atoms with Gasteiger partial charge in [-0.1, -0.05) is 53.4 Å². The largest absolute Gasteiger partial charge is 2.00 e. The van der Waals surface area contributed by atoms with Gasteiger partial charge >= 0.3 is 16.5 Å². The third kappa shape index (κ3) is 4.11. The molecule has 0 bridgehead atoms. The van der Waals surface area contributed by atoms with E-state index in [2.05, 4.69) is 27.7 Å². The Hall–Kier alpha value is 0.724. The minimum atomic E-state index is -2.93. The molecule has 0 radical (unpaired) electrons. The van der Waals surface area contributed by atoms with Gasteiger partial charge < -0.3 is 24.2 Å².